The highest BCUT2D eigenvalue weighted by Crippen LogP contribution is 2.24. The number of nitrogens with one attached hydrogen (secondary N) is 1. The Hall–Kier alpha value is -3.93. The Kier molecular flexibility index (Phi) is 4.84. The van der Waals surface area contributed by atoms with E-state index < -0.39 is 0 Å². The number of methoxy groups -OCH3 is 1. The second-order valence-corrected chi connectivity index (χ2v) is 6.05. The molecule has 0 fully saturated rings. The molecule has 4 aromatic rings. The Morgan fingerprint density at radius 2 is 1.68 bits per heavy atom. The van der Waals surface area contributed by atoms with Gasteiger partial charge in [0.15, 0.2) is 0 Å². The lowest BCUT2D eigenvalue weighted by Crippen LogP contribution is -2.11. The maximum atomic E-state index is 12.4. The molecule has 3 aromatic carbocycles. The summed E-state index contributed by atoms with van der Waals surface area (Å²) in [5.41, 5.74) is 2.77. The van der Waals surface area contributed by atoms with Crippen molar-refractivity contribution in [3.8, 4) is 28.6 Å². The van der Waals surface area contributed by atoms with Gasteiger partial charge in [0.1, 0.15) is 5.75 Å². The molecule has 0 saturated carbocycles. The van der Waals surface area contributed by atoms with E-state index in [2.05, 4.69) is 15.5 Å². The van der Waals surface area contributed by atoms with Crippen LogP contribution in [0.5, 0.6) is 5.75 Å². The third-order valence-electron chi connectivity index (χ3n) is 4.18. The van der Waals surface area contributed by atoms with E-state index in [0.29, 0.717) is 28.7 Å². The first-order valence-electron chi connectivity index (χ1n) is 8.68. The molecule has 28 heavy (non-hydrogen) atoms. The number of hydrogen-bond donors (Lipinski definition) is 1. The zero-order valence-corrected chi connectivity index (χ0v) is 15.1. The molecule has 0 atom stereocenters. The summed E-state index contributed by atoms with van der Waals surface area (Å²) in [5, 5.41) is 6.91. The summed E-state index contributed by atoms with van der Waals surface area (Å²) in [7, 11) is 1.58. The summed E-state index contributed by atoms with van der Waals surface area (Å²) in [6.07, 6.45) is 0. The van der Waals surface area contributed by atoms with Crippen LogP contribution in [0.2, 0.25) is 0 Å². The molecule has 4 rings (SSSR count). The summed E-state index contributed by atoms with van der Waals surface area (Å²) < 4.78 is 10.5. The van der Waals surface area contributed by atoms with Gasteiger partial charge in [-0.1, -0.05) is 41.6 Å². The van der Waals surface area contributed by atoms with Crippen molar-refractivity contribution < 1.29 is 14.1 Å². The number of hydrogen-bond acceptors (Lipinski definition) is 5. The van der Waals surface area contributed by atoms with E-state index in [-0.39, 0.29) is 5.91 Å². The fraction of sp³-hybridized carbons (Fsp3) is 0.0455. The number of rotatable bonds is 5. The predicted octanol–water partition coefficient (Wildman–Crippen LogP) is 4.66. The first-order chi connectivity index (χ1) is 13.7. The number of amides is 1. The topological polar surface area (TPSA) is 77.2 Å². The van der Waals surface area contributed by atoms with Gasteiger partial charge >= 0.3 is 0 Å². The van der Waals surface area contributed by atoms with Crippen LogP contribution in [-0.4, -0.2) is 23.2 Å². The van der Waals surface area contributed by atoms with E-state index in [9.17, 15) is 4.79 Å². The highest BCUT2D eigenvalue weighted by Gasteiger charge is 2.12. The lowest BCUT2D eigenvalue weighted by Gasteiger charge is -2.07. The van der Waals surface area contributed by atoms with Crippen molar-refractivity contribution in [1.29, 1.82) is 0 Å². The van der Waals surface area contributed by atoms with E-state index in [1.165, 1.54) is 0 Å². The van der Waals surface area contributed by atoms with Gasteiger partial charge in [0.05, 0.1) is 7.11 Å². The lowest BCUT2D eigenvalue weighted by atomic mass is 10.1. The van der Waals surface area contributed by atoms with Crippen molar-refractivity contribution >= 4 is 11.6 Å². The van der Waals surface area contributed by atoms with E-state index in [1.54, 1.807) is 43.5 Å². The Morgan fingerprint density at radius 3 is 2.43 bits per heavy atom. The van der Waals surface area contributed by atoms with Gasteiger partial charge in [-0.3, -0.25) is 4.79 Å². The summed E-state index contributed by atoms with van der Waals surface area (Å²) >= 11 is 0. The van der Waals surface area contributed by atoms with Crippen molar-refractivity contribution in [2.24, 2.45) is 0 Å². The van der Waals surface area contributed by atoms with Gasteiger partial charge in [-0.2, -0.15) is 4.98 Å². The van der Waals surface area contributed by atoms with Crippen LogP contribution in [-0.2, 0) is 0 Å². The molecular weight excluding hydrogens is 354 g/mol. The van der Waals surface area contributed by atoms with E-state index in [4.69, 9.17) is 9.26 Å². The fourth-order valence-corrected chi connectivity index (χ4v) is 2.72. The maximum Gasteiger partial charge on any atom is 0.258 e. The number of benzene rings is 3. The minimum atomic E-state index is -0.213. The molecule has 6 heteroatoms. The molecule has 0 radical (unpaired) electrons. The zero-order chi connectivity index (χ0) is 19.3. The number of nitrogens with zero attached hydrogens (tertiary/aromatic N) is 2. The van der Waals surface area contributed by atoms with Crippen LogP contribution in [0.25, 0.3) is 22.8 Å². The largest absolute Gasteiger partial charge is 0.497 e. The number of anilines is 1. The second-order valence-electron chi connectivity index (χ2n) is 6.05. The molecule has 0 unspecified atom stereocenters. The highest BCUT2D eigenvalue weighted by molar-refractivity contribution is 6.04. The van der Waals surface area contributed by atoms with Crippen LogP contribution in [0.3, 0.4) is 0 Å². The molecule has 1 heterocycles. The predicted molar refractivity (Wildman–Crippen MR) is 106 cm³/mol. The smallest absolute Gasteiger partial charge is 0.258 e. The second kappa shape index (κ2) is 7.75. The Bertz CT molecular complexity index is 1090. The summed E-state index contributed by atoms with van der Waals surface area (Å²) in [5.74, 6) is 1.39. The SMILES string of the molecule is COc1ccc(C(=O)Nc2cccc(-c3nc(-c4ccccc4)no3)c2)cc1. The third kappa shape index (κ3) is 3.76. The molecule has 6 nitrogen and oxygen atoms in total. The molecule has 1 aromatic heterocycles. The minimum Gasteiger partial charge on any atom is -0.497 e. The normalized spacial score (nSPS) is 10.5. The molecule has 0 aliphatic heterocycles. The Balaban J connectivity index is 1.53. The van der Waals surface area contributed by atoms with Gasteiger partial charge in [0, 0.05) is 22.4 Å². The van der Waals surface area contributed by atoms with Crippen LogP contribution >= 0.6 is 0 Å². The average Bonchev–Trinajstić information content (AvgIpc) is 3.25. The van der Waals surface area contributed by atoms with E-state index >= 15 is 0 Å². The lowest BCUT2D eigenvalue weighted by molar-refractivity contribution is 0.102. The third-order valence-corrected chi connectivity index (χ3v) is 4.18. The Morgan fingerprint density at radius 1 is 0.929 bits per heavy atom. The van der Waals surface area contributed by atoms with Gasteiger partial charge in [0.2, 0.25) is 5.82 Å². The highest BCUT2D eigenvalue weighted by atomic mass is 16.5. The molecule has 0 spiro atoms. The standard InChI is InChI=1S/C22H17N3O3/c1-27-19-12-10-16(11-13-19)21(26)23-18-9-5-8-17(14-18)22-24-20(25-28-22)15-6-3-2-4-7-15/h2-14H,1H3,(H,23,26). The van der Waals surface area contributed by atoms with Crippen molar-refractivity contribution in [3.05, 3.63) is 84.4 Å². The monoisotopic (exact) mass is 371 g/mol. The first-order valence-corrected chi connectivity index (χ1v) is 8.68. The van der Waals surface area contributed by atoms with Crippen LogP contribution in [0, 0.1) is 0 Å². The molecule has 0 aliphatic carbocycles. The zero-order valence-electron chi connectivity index (χ0n) is 15.1. The average molecular weight is 371 g/mol. The van der Waals surface area contributed by atoms with E-state index in [1.807, 2.05) is 42.5 Å². The summed E-state index contributed by atoms with van der Waals surface area (Å²) in [4.78, 5) is 16.9. The van der Waals surface area contributed by atoms with Gasteiger partial charge in [-0.15, -0.1) is 0 Å². The van der Waals surface area contributed by atoms with Gasteiger partial charge in [0.25, 0.3) is 11.8 Å². The van der Waals surface area contributed by atoms with Crippen LogP contribution in [0.4, 0.5) is 5.69 Å². The molecule has 138 valence electrons. The number of aromatic nitrogens is 2. The number of ether oxygens (including phenoxy) is 1. The van der Waals surface area contributed by atoms with E-state index in [0.717, 1.165) is 11.1 Å². The number of carbonyl (C=O) groups is 1. The minimum absolute atomic E-state index is 0.213. The molecule has 0 aliphatic rings. The summed E-state index contributed by atoms with van der Waals surface area (Å²) in [6, 6.07) is 23.8. The van der Waals surface area contributed by atoms with Gasteiger partial charge < -0.3 is 14.6 Å². The van der Waals surface area contributed by atoms with Crippen LogP contribution < -0.4 is 10.1 Å². The Labute approximate surface area is 161 Å². The van der Waals surface area contributed by atoms with Crippen LogP contribution in [0.15, 0.2) is 83.4 Å². The summed E-state index contributed by atoms with van der Waals surface area (Å²) in [6.45, 7) is 0. The first kappa shape index (κ1) is 17.5. The van der Waals surface area contributed by atoms with Crippen molar-refractivity contribution in [2.45, 2.75) is 0 Å². The molecular formula is C22H17N3O3. The van der Waals surface area contributed by atoms with Crippen molar-refractivity contribution in [2.75, 3.05) is 12.4 Å². The van der Waals surface area contributed by atoms with Crippen molar-refractivity contribution in [1.82, 2.24) is 10.1 Å². The maximum absolute atomic E-state index is 12.4. The molecule has 0 saturated heterocycles. The molecule has 0 bridgehead atoms. The quantitative estimate of drug-likeness (QED) is 0.552. The van der Waals surface area contributed by atoms with Gasteiger partial charge in [-0.05, 0) is 42.5 Å². The fourth-order valence-electron chi connectivity index (χ4n) is 2.72. The molecule has 1 N–H and O–H groups in total. The number of carbonyl (C=O) groups excluding carboxylic acids is 1. The molecule has 1 amide bonds. The van der Waals surface area contributed by atoms with Gasteiger partial charge in [-0.25, -0.2) is 0 Å². The van der Waals surface area contributed by atoms with Crippen molar-refractivity contribution in [3.63, 3.8) is 0 Å². The van der Waals surface area contributed by atoms with Crippen LogP contribution in [0.1, 0.15) is 10.4 Å².